The van der Waals surface area contributed by atoms with Gasteiger partial charge in [0.25, 0.3) is 9.70 Å². The van der Waals surface area contributed by atoms with Gasteiger partial charge in [-0.25, -0.2) is 0 Å². The van der Waals surface area contributed by atoms with Crippen LogP contribution >= 0.6 is 46.4 Å². The molecule has 2 unspecified atom stereocenters. The topological polar surface area (TPSA) is 370 Å². The Kier molecular flexibility index (Phi) is 31.6. The van der Waals surface area contributed by atoms with E-state index in [1.54, 1.807) is 81.4 Å². The van der Waals surface area contributed by atoms with E-state index < -0.39 is 218 Å². The number of hydrogen-bond acceptors (Lipinski definition) is 29. The molecule has 0 saturated carbocycles. The highest BCUT2D eigenvalue weighted by molar-refractivity contribution is 6.76. The van der Waals surface area contributed by atoms with Gasteiger partial charge in [0.2, 0.25) is 5.91 Å². The van der Waals surface area contributed by atoms with Crippen LogP contribution in [0.15, 0.2) is 60.7 Å². The van der Waals surface area contributed by atoms with E-state index in [0.717, 1.165) is 55.4 Å². The third-order valence-corrected chi connectivity index (χ3v) is 16.8. The molecule has 5 fully saturated rings. The molecule has 2 aromatic carbocycles. The second kappa shape index (κ2) is 38.7. The Morgan fingerprint density at radius 3 is 1.51 bits per heavy atom. The van der Waals surface area contributed by atoms with E-state index in [4.69, 9.17) is 136 Å². The molecule has 0 bridgehead atoms. The third-order valence-electron chi connectivity index (χ3n) is 16.0. The van der Waals surface area contributed by atoms with Crippen molar-refractivity contribution in [2.75, 3.05) is 38.9 Å². The molecule has 7 rings (SSSR count). The summed E-state index contributed by atoms with van der Waals surface area (Å²) in [6.45, 7) is 10.5. The fraction of sp³-hybridized carbons (Fsp3) is 0.672. The molecule has 5 aliphatic heterocycles. The maximum atomic E-state index is 14.1. The molecule has 31 nitrogen and oxygen atoms in total. The van der Waals surface area contributed by atoms with Crippen molar-refractivity contribution < 1.29 is 138 Å². The molecule has 2 aromatic rings. The van der Waals surface area contributed by atoms with Crippen LogP contribution in [0.3, 0.4) is 0 Å². The van der Waals surface area contributed by atoms with Crippen molar-refractivity contribution >= 4 is 106 Å². The highest BCUT2D eigenvalue weighted by Gasteiger charge is 2.62. The van der Waals surface area contributed by atoms with Crippen LogP contribution < -0.4 is 10.6 Å². The predicted molar refractivity (Wildman–Crippen MR) is 351 cm³/mol. The van der Waals surface area contributed by atoms with Gasteiger partial charge in [-0.2, -0.15) is 0 Å². The molecule has 2 amide bonds. The van der Waals surface area contributed by atoms with E-state index in [-0.39, 0.29) is 19.8 Å². The van der Waals surface area contributed by atoms with Crippen LogP contribution in [0.25, 0.3) is 0 Å². The molecule has 0 radical (unpaired) electrons. The van der Waals surface area contributed by atoms with Crippen LogP contribution in [0, 0.1) is 5.41 Å². The first-order chi connectivity index (χ1) is 48.2. The SMILES string of the molecule is CC(=O)N[C@H]1[C@H](OCCCCCCCl)O[C@H](COCc2ccccc2)[C@@H](O[C@@H]2O[C@H](COC(=O)C(C)(C)C)[C@H](OC(C)=O)[C@H](O[C@@H]3O[C@@H]4COC(c5ccccc5)O[C@H]4[C@H](OC(C)=O)[C@H]3NC(=O)C(Cl)(Cl)Cl)[C@H]2OC(C)=O)[C@@H]1O[C@@H]1OC(COC(C)=O)[C@@H](OC(C)=O)[C@@H](OC(C)=O)[C@H]1OC(C)=O. The van der Waals surface area contributed by atoms with Crippen molar-refractivity contribution in [3.63, 3.8) is 0 Å². The van der Waals surface area contributed by atoms with Crippen LogP contribution in [0.1, 0.15) is 119 Å². The van der Waals surface area contributed by atoms with E-state index in [2.05, 4.69) is 10.6 Å². The average Bonchev–Trinajstić information content (AvgIpc) is 0.758. The van der Waals surface area contributed by atoms with E-state index in [1.807, 2.05) is 0 Å². The molecule has 0 spiro atoms. The minimum Gasteiger partial charge on any atom is -0.463 e. The summed E-state index contributed by atoms with van der Waals surface area (Å²) in [7, 11) is 0. The average molecular weight is 1530 g/mol. The quantitative estimate of drug-likeness (QED) is 0.0434. The predicted octanol–water partition coefficient (Wildman–Crippen LogP) is 5.29. The van der Waals surface area contributed by atoms with Crippen molar-refractivity contribution in [2.24, 2.45) is 5.41 Å². The summed E-state index contributed by atoms with van der Waals surface area (Å²) in [5.74, 6) is -9.28. The lowest BCUT2D eigenvalue weighted by Gasteiger charge is -2.52. The Bertz CT molecular complexity index is 3150. The van der Waals surface area contributed by atoms with Gasteiger partial charge < -0.3 is 101 Å². The van der Waals surface area contributed by atoms with Gasteiger partial charge in [-0.15, -0.1) is 11.6 Å². The lowest BCUT2D eigenvalue weighted by molar-refractivity contribution is -0.390. The van der Waals surface area contributed by atoms with Crippen LogP contribution in [-0.4, -0.2) is 225 Å². The van der Waals surface area contributed by atoms with E-state index in [1.165, 1.54) is 0 Å². The summed E-state index contributed by atoms with van der Waals surface area (Å²) in [5.41, 5.74) is 0.00236. The van der Waals surface area contributed by atoms with Crippen molar-refractivity contribution in [3.05, 3.63) is 71.8 Å². The fourth-order valence-corrected chi connectivity index (χ4v) is 12.1. The fourth-order valence-electron chi connectivity index (χ4n) is 11.8. The Balaban J connectivity index is 1.46. The lowest BCUT2D eigenvalue weighted by atomic mass is 9.93. The number of carbonyl (C=O) groups excluding carboxylic acids is 10. The van der Waals surface area contributed by atoms with Gasteiger partial charge in [-0.3, -0.25) is 47.9 Å². The van der Waals surface area contributed by atoms with Crippen LogP contribution in [0.2, 0.25) is 0 Å². The molecule has 5 heterocycles. The monoisotopic (exact) mass is 1520 g/mol. The van der Waals surface area contributed by atoms with Crippen molar-refractivity contribution in [1.29, 1.82) is 0 Å². The number of esters is 8. The van der Waals surface area contributed by atoms with Gasteiger partial charge in [0.15, 0.2) is 68.1 Å². The van der Waals surface area contributed by atoms with Crippen LogP contribution in [0.5, 0.6) is 0 Å². The van der Waals surface area contributed by atoms with E-state index in [0.29, 0.717) is 42.7 Å². The maximum Gasteiger partial charge on any atom is 0.311 e. The van der Waals surface area contributed by atoms with Crippen LogP contribution in [-0.2, 0) is 145 Å². The van der Waals surface area contributed by atoms with Crippen molar-refractivity contribution in [2.45, 2.75) is 241 Å². The standard InChI is InChI=1S/C67H88Cl4N2O29/c1-33(74)72-47-54(101-63-57(93-39(7)80)55(92-38(6)79)51(89-35(3)76)44(97-63)30-86-34(2)75)49(43(29-84-28-41-22-16-14-17-23-41)95-60(47)85-27-21-13-12-20-26-68)100-62-58(94-40(8)81)56(52(90-36(4)77)46(98-62)32-88-65(83)66(9,10)11)102-61-48(73-64(82)67(69,70)71)53(91-37(5)78)50-45(96-61)31-87-59(99-50)42-24-18-15-19-25-42/h14-19,22-25,43-63H,12-13,20-21,26-32H2,1-11H3,(H,72,74)(H,73,82)/t43-,44?,45-,46-,47-,48-,49-,50-,51-,52+,53-,54-,55-,56+,57-,58-,59?,60-,61+,62+,63+/m1/s1. The van der Waals surface area contributed by atoms with E-state index in [9.17, 15) is 47.9 Å². The number of nitrogens with one attached hydrogen (secondary N) is 2. The number of hydrogen-bond donors (Lipinski definition) is 2. The zero-order chi connectivity index (χ0) is 74.8. The zero-order valence-corrected chi connectivity index (χ0v) is 61.1. The number of alkyl halides is 4. The first-order valence-corrected chi connectivity index (χ1v) is 34.6. The molecular weight excluding hydrogens is 1440 g/mol. The maximum absolute atomic E-state index is 14.1. The Morgan fingerprint density at radius 2 is 0.961 bits per heavy atom. The Hall–Kier alpha value is -6.14. The summed E-state index contributed by atoms with van der Waals surface area (Å²) < 4.78 is 118. The molecular formula is C67H88Cl4N2O29. The Labute approximate surface area is 609 Å². The Morgan fingerprint density at radius 1 is 0.480 bits per heavy atom. The summed E-state index contributed by atoms with van der Waals surface area (Å²) in [6.07, 6.45) is -30.7. The number of amides is 2. The largest absolute Gasteiger partial charge is 0.463 e. The first kappa shape index (κ1) is 83.1. The highest BCUT2D eigenvalue weighted by atomic mass is 35.6. The molecule has 35 heteroatoms. The van der Waals surface area contributed by atoms with Gasteiger partial charge in [-0.1, -0.05) is 108 Å². The minimum atomic E-state index is -2.73. The van der Waals surface area contributed by atoms with Crippen molar-refractivity contribution in [3.8, 4) is 0 Å². The third kappa shape index (κ3) is 24.2. The van der Waals surface area contributed by atoms with Crippen LogP contribution in [0.4, 0.5) is 0 Å². The normalized spacial score (nSPS) is 30.9. The van der Waals surface area contributed by atoms with Gasteiger partial charge in [-0.05, 0) is 39.2 Å². The van der Waals surface area contributed by atoms with Gasteiger partial charge in [0, 0.05) is 73.4 Å². The smallest absolute Gasteiger partial charge is 0.311 e. The second-order valence-corrected chi connectivity index (χ2v) is 28.1. The second-order valence-electron chi connectivity index (χ2n) is 25.4. The molecule has 5 aliphatic rings. The molecule has 0 aromatic heterocycles. The van der Waals surface area contributed by atoms with E-state index >= 15 is 0 Å². The number of fused-ring (bicyclic) bond motifs is 1. The molecule has 568 valence electrons. The number of ether oxygens (including phenoxy) is 19. The summed E-state index contributed by atoms with van der Waals surface area (Å²) >= 11 is 24.7. The van der Waals surface area contributed by atoms with Gasteiger partial charge in [0.05, 0.1) is 25.2 Å². The summed E-state index contributed by atoms with van der Waals surface area (Å²) in [6, 6.07) is 14.1. The summed E-state index contributed by atoms with van der Waals surface area (Å²) in [4.78, 5) is 135. The number of benzene rings is 2. The number of rotatable bonds is 30. The summed E-state index contributed by atoms with van der Waals surface area (Å²) in [5, 5.41) is 5.36. The van der Waals surface area contributed by atoms with Gasteiger partial charge >= 0.3 is 47.8 Å². The molecule has 5 saturated heterocycles. The zero-order valence-electron chi connectivity index (χ0n) is 58.0. The highest BCUT2D eigenvalue weighted by Crippen LogP contribution is 2.42. The lowest BCUT2D eigenvalue weighted by Crippen LogP contribution is -2.72. The molecule has 0 aliphatic carbocycles. The number of carbonyl (C=O) groups is 10. The molecule has 102 heavy (non-hydrogen) atoms. The molecule has 2 N–H and O–H groups in total. The molecule has 21 atom stereocenters. The van der Waals surface area contributed by atoms with Gasteiger partial charge in [0.1, 0.15) is 74.1 Å². The minimum absolute atomic E-state index is 0.0260. The number of unbranched alkanes of at least 4 members (excludes halogenated alkanes) is 3. The first-order valence-electron chi connectivity index (χ1n) is 32.9. The van der Waals surface area contributed by atoms with Crippen molar-refractivity contribution in [1.82, 2.24) is 10.6 Å². The number of halogens is 4.